The van der Waals surface area contributed by atoms with Gasteiger partial charge < -0.3 is 10.1 Å². The Kier molecular flexibility index (Phi) is 4.44. The lowest BCUT2D eigenvalue weighted by molar-refractivity contribution is 0.481. The lowest BCUT2D eigenvalue weighted by atomic mass is 10.2. The van der Waals surface area contributed by atoms with E-state index in [0.717, 1.165) is 33.0 Å². The van der Waals surface area contributed by atoms with Crippen LogP contribution in [0.3, 0.4) is 0 Å². The van der Waals surface area contributed by atoms with Crippen molar-refractivity contribution in [3.8, 4) is 11.5 Å². The number of hydrogen-bond acceptors (Lipinski definition) is 2. The van der Waals surface area contributed by atoms with Gasteiger partial charge in [-0.05, 0) is 48.7 Å². The van der Waals surface area contributed by atoms with Gasteiger partial charge in [0, 0.05) is 21.5 Å². The minimum Gasteiger partial charge on any atom is -0.457 e. The Morgan fingerprint density at radius 2 is 1.85 bits per heavy atom. The van der Waals surface area contributed by atoms with Crippen LogP contribution in [0.15, 0.2) is 51.4 Å². The van der Waals surface area contributed by atoms with Crippen LogP contribution >= 0.6 is 31.9 Å². The topological polar surface area (TPSA) is 21.3 Å². The molecule has 104 valence electrons. The monoisotopic (exact) mass is 395 g/mol. The smallest absolute Gasteiger partial charge is 0.128 e. The van der Waals surface area contributed by atoms with Crippen molar-refractivity contribution in [2.45, 2.75) is 25.4 Å². The molecule has 0 heterocycles. The average Bonchev–Trinajstić information content (AvgIpc) is 3.22. The maximum atomic E-state index is 5.85. The predicted molar refractivity (Wildman–Crippen MR) is 88.2 cm³/mol. The molecule has 1 aliphatic carbocycles. The predicted octanol–water partition coefficient (Wildman–Crippen LogP) is 5.26. The standard InChI is InChI=1S/C16H15Br2NO/c17-12-2-1-3-14(8-12)20-15-7-4-11(16(18)9-15)10-19-13-5-6-13/h1-4,7-9,13,19H,5-6,10H2. The molecule has 1 saturated carbocycles. The maximum Gasteiger partial charge on any atom is 0.128 e. The third kappa shape index (κ3) is 3.84. The maximum absolute atomic E-state index is 5.85. The summed E-state index contributed by atoms with van der Waals surface area (Å²) in [5, 5.41) is 3.51. The van der Waals surface area contributed by atoms with Crippen LogP contribution in [0.2, 0.25) is 0 Å². The van der Waals surface area contributed by atoms with Crippen molar-refractivity contribution in [3.05, 3.63) is 57.0 Å². The van der Waals surface area contributed by atoms with Crippen LogP contribution < -0.4 is 10.1 Å². The first-order valence-electron chi connectivity index (χ1n) is 6.66. The van der Waals surface area contributed by atoms with Gasteiger partial charge in [-0.1, -0.05) is 44.0 Å². The van der Waals surface area contributed by atoms with Gasteiger partial charge in [0.2, 0.25) is 0 Å². The molecular weight excluding hydrogens is 382 g/mol. The zero-order valence-electron chi connectivity index (χ0n) is 10.9. The summed E-state index contributed by atoms with van der Waals surface area (Å²) in [6, 6.07) is 14.7. The molecular formula is C16H15Br2NO. The van der Waals surface area contributed by atoms with E-state index < -0.39 is 0 Å². The van der Waals surface area contributed by atoms with E-state index in [2.05, 4.69) is 43.2 Å². The Hall–Kier alpha value is -0.840. The van der Waals surface area contributed by atoms with E-state index in [1.807, 2.05) is 36.4 Å². The van der Waals surface area contributed by atoms with Crippen molar-refractivity contribution < 1.29 is 4.74 Å². The number of benzene rings is 2. The van der Waals surface area contributed by atoms with Gasteiger partial charge in [0.15, 0.2) is 0 Å². The zero-order valence-corrected chi connectivity index (χ0v) is 14.1. The van der Waals surface area contributed by atoms with Crippen molar-refractivity contribution in [2.24, 2.45) is 0 Å². The molecule has 0 saturated heterocycles. The fraction of sp³-hybridized carbons (Fsp3) is 0.250. The second-order valence-electron chi connectivity index (χ2n) is 4.97. The number of ether oxygens (including phenoxy) is 1. The summed E-state index contributed by atoms with van der Waals surface area (Å²) < 4.78 is 7.95. The molecule has 1 N–H and O–H groups in total. The molecule has 0 aliphatic heterocycles. The number of hydrogen-bond donors (Lipinski definition) is 1. The molecule has 0 atom stereocenters. The highest BCUT2D eigenvalue weighted by molar-refractivity contribution is 9.10. The highest BCUT2D eigenvalue weighted by Crippen LogP contribution is 2.29. The largest absolute Gasteiger partial charge is 0.457 e. The van der Waals surface area contributed by atoms with E-state index in [-0.39, 0.29) is 0 Å². The van der Waals surface area contributed by atoms with Crippen LogP contribution in [0, 0.1) is 0 Å². The normalized spacial score (nSPS) is 14.3. The van der Waals surface area contributed by atoms with Gasteiger partial charge >= 0.3 is 0 Å². The molecule has 0 aromatic heterocycles. The Balaban J connectivity index is 1.69. The molecule has 0 unspecified atom stereocenters. The van der Waals surface area contributed by atoms with Gasteiger partial charge in [0.25, 0.3) is 0 Å². The molecule has 0 radical (unpaired) electrons. The number of nitrogens with one attached hydrogen (secondary N) is 1. The molecule has 0 amide bonds. The van der Waals surface area contributed by atoms with Crippen LogP contribution in [0.4, 0.5) is 0 Å². The van der Waals surface area contributed by atoms with Gasteiger partial charge in [-0.15, -0.1) is 0 Å². The second-order valence-corrected chi connectivity index (χ2v) is 6.74. The highest BCUT2D eigenvalue weighted by atomic mass is 79.9. The van der Waals surface area contributed by atoms with Crippen LogP contribution in [0.25, 0.3) is 0 Å². The second kappa shape index (κ2) is 6.29. The number of rotatable bonds is 5. The summed E-state index contributed by atoms with van der Waals surface area (Å²) in [7, 11) is 0. The van der Waals surface area contributed by atoms with Gasteiger partial charge in [0.1, 0.15) is 11.5 Å². The zero-order chi connectivity index (χ0) is 13.9. The number of halogens is 2. The molecule has 0 bridgehead atoms. The molecule has 2 aromatic carbocycles. The highest BCUT2D eigenvalue weighted by Gasteiger charge is 2.20. The van der Waals surface area contributed by atoms with Crippen LogP contribution in [0.1, 0.15) is 18.4 Å². The minimum absolute atomic E-state index is 0.722. The summed E-state index contributed by atoms with van der Waals surface area (Å²) >= 11 is 7.06. The van der Waals surface area contributed by atoms with Gasteiger partial charge in [-0.3, -0.25) is 0 Å². The fourth-order valence-corrected chi connectivity index (χ4v) is 2.82. The lowest BCUT2D eigenvalue weighted by Gasteiger charge is -2.10. The third-order valence-electron chi connectivity index (χ3n) is 3.21. The third-order valence-corrected chi connectivity index (χ3v) is 4.45. The van der Waals surface area contributed by atoms with Crippen LogP contribution in [-0.4, -0.2) is 6.04 Å². The molecule has 4 heteroatoms. The van der Waals surface area contributed by atoms with E-state index in [9.17, 15) is 0 Å². The summed E-state index contributed by atoms with van der Waals surface area (Å²) in [4.78, 5) is 0. The molecule has 0 spiro atoms. The lowest BCUT2D eigenvalue weighted by Crippen LogP contribution is -2.15. The molecule has 2 aromatic rings. The Bertz CT molecular complexity index is 611. The van der Waals surface area contributed by atoms with E-state index in [1.54, 1.807) is 0 Å². The van der Waals surface area contributed by atoms with E-state index in [1.165, 1.54) is 18.4 Å². The molecule has 3 rings (SSSR count). The first kappa shape index (κ1) is 14.1. The first-order valence-corrected chi connectivity index (χ1v) is 8.24. The Morgan fingerprint density at radius 1 is 1.05 bits per heavy atom. The van der Waals surface area contributed by atoms with Crippen LogP contribution in [0.5, 0.6) is 11.5 Å². The summed E-state index contributed by atoms with van der Waals surface area (Å²) in [5.41, 5.74) is 1.26. The summed E-state index contributed by atoms with van der Waals surface area (Å²) in [6.45, 7) is 0.905. The average molecular weight is 397 g/mol. The summed E-state index contributed by atoms with van der Waals surface area (Å²) in [5.74, 6) is 1.67. The van der Waals surface area contributed by atoms with Gasteiger partial charge in [-0.2, -0.15) is 0 Å². The van der Waals surface area contributed by atoms with E-state index in [0.29, 0.717) is 0 Å². The van der Waals surface area contributed by atoms with Crippen LogP contribution in [-0.2, 0) is 6.54 Å². The Morgan fingerprint density at radius 3 is 2.55 bits per heavy atom. The van der Waals surface area contributed by atoms with Crippen molar-refractivity contribution in [1.29, 1.82) is 0 Å². The van der Waals surface area contributed by atoms with Crippen molar-refractivity contribution in [1.82, 2.24) is 5.32 Å². The van der Waals surface area contributed by atoms with Crippen molar-refractivity contribution in [2.75, 3.05) is 0 Å². The SMILES string of the molecule is Brc1cccc(Oc2ccc(CNC3CC3)c(Br)c2)c1. The van der Waals surface area contributed by atoms with E-state index in [4.69, 9.17) is 4.74 Å². The summed E-state index contributed by atoms with van der Waals surface area (Å²) in [6.07, 6.45) is 2.61. The van der Waals surface area contributed by atoms with Crippen molar-refractivity contribution >= 4 is 31.9 Å². The quantitative estimate of drug-likeness (QED) is 0.744. The minimum atomic E-state index is 0.722. The van der Waals surface area contributed by atoms with E-state index >= 15 is 0 Å². The van der Waals surface area contributed by atoms with Crippen molar-refractivity contribution in [3.63, 3.8) is 0 Å². The molecule has 1 fully saturated rings. The molecule has 20 heavy (non-hydrogen) atoms. The van der Waals surface area contributed by atoms with Gasteiger partial charge in [0.05, 0.1) is 0 Å². The Labute approximate surface area is 135 Å². The molecule has 1 aliphatic rings. The first-order chi connectivity index (χ1) is 9.70. The van der Waals surface area contributed by atoms with Gasteiger partial charge in [-0.25, -0.2) is 0 Å². The molecule has 2 nitrogen and oxygen atoms in total. The fourth-order valence-electron chi connectivity index (χ4n) is 1.94.